The summed E-state index contributed by atoms with van der Waals surface area (Å²) in [5.74, 6) is 0. The van der Waals surface area contributed by atoms with Crippen LogP contribution >= 0.6 is 0 Å². The van der Waals surface area contributed by atoms with Crippen LogP contribution in [0, 0.1) is 13.8 Å². The highest BCUT2D eigenvalue weighted by atomic mass is 16.1. The van der Waals surface area contributed by atoms with Gasteiger partial charge < -0.3 is 10.3 Å². The summed E-state index contributed by atoms with van der Waals surface area (Å²) in [6.07, 6.45) is 5.87. The van der Waals surface area contributed by atoms with E-state index in [1.54, 1.807) is 0 Å². The highest BCUT2D eigenvalue weighted by Gasteiger charge is 2.21. The lowest BCUT2D eigenvalue weighted by molar-refractivity contribution is 0.348. The molecule has 0 bridgehead atoms. The molecule has 1 aromatic heterocycles. The van der Waals surface area contributed by atoms with Crippen molar-refractivity contribution in [2.45, 2.75) is 58.5 Å². The maximum Gasteiger partial charge on any atom is 0.255 e. The molecule has 3 nitrogen and oxygen atoms in total. The second-order valence-electron chi connectivity index (χ2n) is 6.71. The molecule has 0 amide bonds. The first-order chi connectivity index (χ1) is 11.1. The molecule has 3 heteroatoms. The summed E-state index contributed by atoms with van der Waals surface area (Å²) in [5.41, 5.74) is 11.3. The SMILES string of the molecule is Cc1ccc(-c2ccc(CN)c(=O)n2C2CCCCC2)cc1C. The van der Waals surface area contributed by atoms with Gasteiger partial charge in [-0.2, -0.15) is 0 Å². The van der Waals surface area contributed by atoms with Crippen LogP contribution in [0.15, 0.2) is 35.1 Å². The van der Waals surface area contributed by atoms with Crippen molar-refractivity contribution in [2.75, 3.05) is 0 Å². The molecule has 23 heavy (non-hydrogen) atoms. The minimum absolute atomic E-state index is 0.0927. The van der Waals surface area contributed by atoms with Crippen molar-refractivity contribution in [1.82, 2.24) is 4.57 Å². The zero-order chi connectivity index (χ0) is 16.4. The van der Waals surface area contributed by atoms with Crippen molar-refractivity contribution in [3.63, 3.8) is 0 Å². The standard InChI is InChI=1S/C20H26N2O/c1-14-8-9-16(12-15(14)2)19-11-10-17(13-21)20(23)22(19)18-6-4-3-5-7-18/h8-12,18H,3-7,13,21H2,1-2H3. The second kappa shape index (κ2) is 6.71. The maximum atomic E-state index is 12.9. The highest BCUT2D eigenvalue weighted by molar-refractivity contribution is 5.62. The minimum atomic E-state index is 0.0927. The summed E-state index contributed by atoms with van der Waals surface area (Å²) in [4.78, 5) is 12.9. The first-order valence-electron chi connectivity index (χ1n) is 8.64. The Balaban J connectivity index is 2.17. The molecule has 1 saturated carbocycles. The molecular formula is C20H26N2O. The van der Waals surface area contributed by atoms with Crippen LogP contribution < -0.4 is 11.3 Å². The minimum Gasteiger partial charge on any atom is -0.326 e. The number of hydrogen-bond acceptors (Lipinski definition) is 2. The second-order valence-corrected chi connectivity index (χ2v) is 6.71. The predicted molar refractivity (Wildman–Crippen MR) is 95.6 cm³/mol. The Morgan fingerprint density at radius 2 is 1.78 bits per heavy atom. The van der Waals surface area contributed by atoms with Gasteiger partial charge in [-0.3, -0.25) is 4.79 Å². The molecule has 1 fully saturated rings. The molecule has 1 aromatic carbocycles. The molecule has 1 aliphatic carbocycles. The fourth-order valence-electron chi connectivity index (χ4n) is 3.59. The molecule has 1 aliphatic rings. The molecule has 0 unspecified atom stereocenters. The van der Waals surface area contributed by atoms with E-state index in [0.29, 0.717) is 18.2 Å². The maximum absolute atomic E-state index is 12.9. The van der Waals surface area contributed by atoms with Crippen LogP contribution in [0.5, 0.6) is 0 Å². The Labute approximate surface area is 138 Å². The monoisotopic (exact) mass is 310 g/mol. The lowest BCUT2D eigenvalue weighted by atomic mass is 9.93. The molecule has 0 atom stereocenters. The zero-order valence-electron chi connectivity index (χ0n) is 14.1. The summed E-state index contributed by atoms with van der Waals surface area (Å²) in [7, 11) is 0. The molecule has 0 spiro atoms. The third kappa shape index (κ3) is 3.11. The van der Waals surface area contributed by atoms with Crippen LogP contribution in [0.25, 0.3) is 11.3 Å². The van der Waals surface area contributed by atoms with Crippen LogP contribution in [-0.4, -0.2) is 4.57 Å². The Bertz CT molecular complexity index is 755. The van der Waals surface area contributed by atoms with Gasteiger partial charge in [0.1, 0.15) is 0 Å². The average Bonchev–Trinajstić information content (AvgIpc) is 2.58. The molecule has 0 saturated heterocycles. The Hall–Kier alpha value is -1.87. The van der Waals surface area contributed by atoms with Gasteiger partial charge >= 0.3 is 0 Å². The molecule has 0 aliphatic heterocycles. The lowest BCUT2D eigenvalue weighted by Crippen LogP contribution is -2.31. The van der Waals surface area contributed by atoms with Crippen LogP contribution in [-0.2, 0) is 6.54 Å². The van der Waals surface area contributed by atoms with E-state index in [9.17, 15) is 4.79 Å². The summed E-state index contributed by atoms with van der Waals surface area (Å²) in [6.45, 7) is 4.54. The van der Waals surface area contributed by atoms with Crippen molar-refractivity contribution in [1.29, 1.82) is 0 Å². The van der Waals surface area contributed by atoms with Gasteiger partial charge in [0.25, 0.3) is 5.56 Å². The molecular weight excluding hydrogens is 284 g/mol. The van der Waals surface area contributed by atoms with Crippen molar-refractivity contribution in [3.05, 3.63) is 57.4 Å². The molecule has 1 heterocycles. The van der Waals surface area contributed by atoms with Crippen LogP contribution in [0.3, 0.4) is 0 Å². The Kier molecular flexibility index (Phi) is 4.67. The number of aromatic nitrogens is 1. The largest absolute Gasteiger partial charge is 0.326 e. The highest BCUT2D eigenvalue weighted by Crippen LogP contribution is 2.31. The fourth-order valence-corrected chi connectivity index (χ4v) is 3.59. The third-order valence-electron chi connectivity index (χ3n) is 5.16. The zero-order valence-corrected chi connectivity index (χ0v) is 14.1. The summed E-state index contributed by atoms with van der Waals surface area (Å²) in [5, 5.41) is 0. The van der Waals surface area contributed by atoms with Crippen molar-refractivity contribution in [2.24, 2.45) is 5.73 Å². The summed E-state index contributed by atoms with van der Waals surface area (Å²) >= 11 is 0. The van der Waals surface area contributed by atoms with E-state index in [0.717, 1.165) is 24.1 Å². The van der Waals surface area contributed by atoms with Gasteiger partial charge in [-0.1, -0.05) is 37.5 Å². The van der Waals surface area contributed by atoms with Gasteiger partial charge in [0.05, 0.1) is 5.69 Å². The van der Waals surface area contributed by atoms with Crippen molar-refractivity contribution < 1.29 is 0 Å². The Morgan fingerprint density at radius 1 is 1.04 bits per heavy atom. The molecule has 122 valence electrons. The number of nitrogens with two attached hydrogens (primary N) is 1. The first kappa shape index (κ1) is 16.0. The van der Waals surface area contributed by atoms with E-state index in [2.05, 4.69) is 38.1 Å². The average molecular weight is 310 g/mol. The van der Waals surface area contributed by atoms with Gasteiger partial charge in [-0.05, 0) is 55.5 Å². The summed E-state index contributed by atoms with van der Waals surface area (Å²) in [6, 6.07) is 10.7. The first-order valence-corrected chi connectivity index (χ1v) is 8.64. The van der Waals surface area contributed by atoms with Gasteiger partial charge in [0, 0.05) is 18.2 Å². The fraction of sp³-hybridized carbons (Fsp3) is 0.450. The van der Waals surface area contributed by atoms with Crippen molar-refractivity contribution >= 4 is 0 Å². The van der Waals surface area contributed by atoms with E-state index >= 15 is 0 Å². The lowest BCUT2D eigenvalue weighted by Gasteiger charge is -2.27. The van der Waals surface area contributed by atoms with E-state index in [1.165, 1.54) is 30.4 Å². The number of rotatable bonds is 3. The molecule has 2 aromatic rings. The molecule has 0 radical (unpaired) electrons. The van der Waals surface area contributed by atoms with Gasteiger partial charge in [-0.25, -0.2) is 0 Å². The van der Waals surface area contributed by atoms with E-state index in [4.69, 9.17) is 5.73 Å². The quantitative estimate of drug-likeness (QED) is 0.928. The topological polar surface area (TPSA) is 48.0 Å². The molecule has 2 N–H and O–H groups in total. The van der Waals surface area contributed by atoms with Gasteiger partial charge in [0.2, 0.25) is 0 Å². The number of pyridine rings is 1. The van der Waals surface area contributed by atoms with E-state index < -0.39 is 0 Å². The molecule has 3 rings (SSSR count). The van der Waals surface area contributed by atoms with Crippen molar-refractivity contribution in [3.8, 4) is 11.3 Å². The number of hydrogen-bond donors (Lipinski definition) is 1. The number of aryl methyl sites for hydroxylation is 2. The summed E-state index contributed by atoms with van der Waals surface area (Å²) < 4.78 is 2.02. The van der Waals surface area contributed by atoms with Crippen LogP contribution in [0.1, 0.15) is 54.8 Å². The van der Waals surface area contributed by atoms with Gasteiger partial charge in [-0.15, -0.1) is 0 Å². The normalized spacial score (nSPS) is 15.8. The van der Waals surface area contributed by atoms with Crippen LogP contribution in [0.4, 0.5) is 0 Å². The number of nitrogens with zero attached hydrogens (tertiary/aromatic N) is 1. The van der Waals surface area contributed by atoms with Gasteiger partial charge in [0.15, 0.2) is 0 Å². The van der Waals surface area contributed by atoms with E-state index in [1.807, 2.05) is 10.6 Å². The van der Waals surface area contributed by atoms with Crippen LogP contribution in [0.2, 0.25) is 0 Å². The third-order valence-corrected chi connectivity index (χ3v) is 5.16. The Morgan fingerprint density at radius 3 is 2.43 bits per heavy atom. The smallest absolute Gasteiger partial charge is 0.255 e. The predicted octanol–water partition coefficient (Wildman–Crippen LogP) is 4.10. The number of benzene rings is 1. The van der Waals surface area contributed by atoms with E-state index in [-0.39, 0.29) is 5.56 Å².